The monoisotopic (exact) mass is 560 g/mol. The summed E-state index contributed by atoms with van der Waals surface area (Å²) < 4.78 is 21.9. The van der Waals surface area contributed by atoms with Gasteiger partial charge in [-0.3, -0.25) is 18.9 Å². The summed E-state index contributed by atoms with van der Waals surface area (Å²) in [5, 5.41) is 22.9. The molecule has 2 amide bonds. The van der Waals surface area contributed by atoms with Crippen molar-refractivity contribution in [3.63, 3.8) is 0 Å². The van der Waals surface area contributed by atoms with Crippen LogP contribution in [0, 0.1) is 11.8 Å². The fourth-order valence-corrected chi connectivity index (χ4v) is 4.15. The molecule has 0 saturated carbocycles. The summed E-state index contributed by atoms with van der Waals surface area (Å²) in [7, 11) is -0.901. The van der Waals surface area contributed by atoms with Crippen LogP contribution in [0.2, 0.25) is 0 Å². The molecule has 0 radical (unpaired) electrons. The van der Waals surface area contributed by atoms with Crippen LogP contribution in [0.4, 0.5) is 4.79 Å². The molecule has 0 bridgehead atoms. The molecular formula is C27H33N2O9P. The van der Waals surface area contributed by atoms with E-state index in [2.05, 4.69) is 10.6 Å². The van der Waals surface area contributed by atoms with E-state index >= 15 is 0 Å². The van der Waals surface area contributed by atoms with Gasteiger partial charge in [-0.25, -0.2) is 4.79 Å². The Morgan fingerprint density at radius 2 is 1.49 bits per heavy atom. The number of amides is 2. The number of carbonyl (C=O) groups is 4. The molecule has 0 spiro atoms. The van der Waals surface area contributed by atoms with Gasteiger partial charge in [-0.1, -0.05) is 68.4 Å². The molecule has 210 valence electrons. The van der Waals surface area contributed by atoms with Crippen molar-refractivity contribution < 1.29 is 43.4 Å². The van der Waals surface area contributed by atoms with Crippen LogP contribution in [0.15, 0.2) is 54.6 Å². The first kappa shape index (κ1) is 31.4. The number of aliphatic hydroxyl groups is 1. The fourth-order valence-electron chi connectivity index (χ4n) is 3.59. The van der Waals surface area contributed by atoms with E-state index in [-0.39, 0.29) is 6.42 Å². The van der Waals surface area contributed by atoms with Gasteiger partial charge < -0.3 is 30.3 Å². The van der Waals surface area contributed by atoms with Gasteiger partial charge >= 0.3 is 18.0 Å². The SMILES string of the molecule is CC(C)C(=O)OCOC(=O)NC(C)C(O)(P=O)C(Cc1ccc(-c2ccccc2)cc1)C(=O)NC(C)C(=O)O. The summed E-state index contributed by atoms with van der Waals surface area (Å²) in [6.07, 6.45) is -1.22. The molecule has 0 saturated heterocycles. The van der Waals surface area contributed by atoms with E-state index < -0.39 is 68.5 Å². The maximum absolute atomic E-state index is 13.2. The molecule has 0 heterocycles. The first-order valence-corrected chi connectivity index (χ1v) is 13.0. The lowest BCUT2D eigenvalue weighted by Gasteiger charge is -2.35. The second kappa shape index (κ2) is 14.4. The van der Waals surface area contributed by atoms with Gasteiger partial charge in [0.05, 0.1) is 17.9 Å². The van der Waals surface area contributed by atoms with Crippen LogP contribution < -0.4 is 10.6 Å². The number of hydrogen-bond donors (Lipinski definition) is 4. The van der Waals surface area contributed by atoms with Gasteiger partial charge in [0.15, 0.2) is 13.8 Å². The summed E-state index contributed by atoms with van der Waals surface area (Å²) in [6.45, 7) is 5.08. The molecule has 0 aliphatic rings. The van der Waals surface area contributed by atoms with Crippen LogP contribution in [0.1, 0.15) is 33.3 Å². The summed E-state index contributed by atoms with van der Waals surface area (Å²) in [5.74, 6) is -4.66. The van der Waals surface area contributed by atoms with Gasteiger partial charge in [0, 0.05) is 0 Å². The number of aliphatic carboxylic acids is 1. The first-order valence-electron chi connectivity index (χ1n) is 12.2. The fraction of sp³-hybridized carbons (Fsp3) is 0.407. The molecule has 4 N–H and O–H groups in total. The zero-order chi connectivity index (χ0) is 29.2. The number of nitrogens with one attached hydrogen (secondary N) is 2. The third-order valence-corrected chi connectivity index (χ3v) is 7.03. The Hall–Kier alpha value is -3.82. The van der Waals surface area contributed by atoms with Crippen LogP contribution in [0.5, 0.6) is 0 Å². The van der Waals surface area contributed by atoms with E-state index in [0.29, 0.717) is 5.56 Å². The van der Waals surface area contributed by atoms with Crippen LogP contribution in [0.25, 0.3) is 11.1 Å². The Kier molecular flexibility index (Phi) is 11.6. The minimum atomic E-state index is -2.37. The minimum Gasteiger partial charge on any atom is -0.480 e. The Morgan fingerprint density at radius 3 is 2.03 bits per heavy atom. The number of carboxylic acids is 1. The van der Waals surface area contributed by atoms with Crippen LogP contribution >= 0.6 is 8.46 Å². The second-order valence-electron chi connectivity index (χ2n) is 9.30. The number of carboxylic acid groups (broad SMARTS) is 1. The highest BCUT2D eigenvalue weighted by Gasteiger charge is 2.48. The van der Waals surface area contributed by atoms with E-state index in [1.165, 1.54) is 13.8 Å². The average molecular weight is 561 g/mol. The lowest BCUT2D eigenvalue weighted by Crippen LogP contribution is -2.57. The van der Waals surface area contributed by atoms with Crippen molar-refractivity contribution in [3.05, 3.63) is 60.2 Å². The number of hydrogen-bond acceptors (Lipinski definition) is 8. The molecule has 0 aromatic heterocycles. The van der Waals surface area contributed by atoms with Gasteiger partial charge in [0.25, 0.3) is 0 Å². The minimum absolute atomic E-state index is 0.133. The quantitative estimate of drug-likeness (QED) is 0.163. The highest BCUT2D eigenvalue weighted by Crippen LogP contribution is 2.36. The van der Waals surface area contributed by atoms with Crippen molar-refractivity contribution in [1.29, 1.82) is 0 Å². The molecule has 4 atom stereocenters. The van der Waals surface area contributed by atoms with Crippen molar-refractivity contribution in [2.24, 2.45) is 11.8 Å². The standard InChI is InChI=1S/C27H33N2O9P/c1-16(2)25(33)37-15-38-26(34)29-18(4)27(35,39-36)22(23(30)28-17(3)24(31)32)14-19-10-12-21(13-11-19)20-8-6-5-7-9-20/h5-13,16-18,22,35H,14-15H2,1-4H3,(H,28,30)(H,29,34)(H,31,32). The zero-order valence-electron chi connectivity index (χ0n) is 22.1. The predicted octanol–water partition coefficient (Wildman–Crippen LogP) is 3.35. The topological polar surface area (TPSA) is 168 Å². The Labute approximate surface area is 228 Å². The summed E-state index contributed by atoms with van der Waals surface area (Å²) in [6, 6.07) is 14.1. The van der Waals surface area contributed by atoms with Crippen molar-refractivity contribution in [2.75, 3.05) is 6.79 Å². The smallest absolute Gasteiger partial charge is 0.410 e. The number of esters is 1. The normalized spacial score (nSPS) is 14.9. The molecular weight excluding hydrogens is 527 g/mol. The highest BCUT2D eigenvalue weighted by molar-refractivity contribution is 7.25. The molecule has 2 aromatic rings. The summed E-state index contributed by atoms with van der Waals surface area (Å²) >= 11 is 0. The number of ether oxygens (including phenoxy) is 2. The van der Waals surface area contributed by atoms with Gasteiger partial charge in [0.1, 0.15) is 6.04 Å². The highest BCUT2D eigenvalue weighted by atomic mass is 31.1. The molecule has 39 heavy (non-hydrogen) atoms. The van der Waals surface area contributed by atoms with Crippen molar-refractivity contribution in [1.82, 2.24) is 10.6 Å². The van der Waals surface area contributed by atoms with Gasteiger partial charge in [0.2, 0.25) is 12.7 Å². The Balaban J connectivity index is 2.26. The van der Waals surface area contributed by atoms with Crippen LogP contribution in [-0.4, -0.2) is 58.4 Å². The van der Waals surface area contributed by atoms with E-state index in [1.807, 2.05) is 42.5 Å². The van der Waals surface area contributed by atoms with E-state index in [9.17, 15) is 34.0 Å². The molecule has 11 nitrogen and oxygen atoms in total. The average Bonchev–Trinajstić information content (AvgIpc) is 2.91. The van der Waals surface area contributed by atoms with Crippen LogP contribution in [-0.2, 0) is 34.8 Å². The Bertz CT molecular complexity index is 1160. The third-order valence-electron chi connectivity index (χ3n) is 6.04. The van der Waals surface area contributed by atoms with E-state index in [1.54, 1.807) is 26.0 Å². The van der Waals surface area contributed by atoms with E-state index in [0.717, 1.165) is 11.1 Å². The molecule has 0 fully saturated rings. The number of benzene rings is 2. The summed E-state index contributed by atoms with van der Waals surface area (Å²) in [4.78, 5) is 48.3. The van der Waals surface area contributed by atoms with Crippen LogP contribution in [0.3, 0.4) is 0 Å². The molecule has 4 unspecified atom stereocenters. The zero-order valence-corrected chi connectivity index (χ0v) is 23.0. The number of carbonyl (C=O) groups excluding carboxylic acids is 3. The maximum atomic E-state index is 13.2. The first-order chi connectivity index (χ1) is 18.4. The van der Waals surface area contributed by atoms with Crippen molar-refractivity contribution >= 4 is 32.4 Å². The second-order valence-corrected chi connectivity index (χ2v) is 10.2. The van der Waals surface area contributed by atoms with Crippen molar-refractivity contribution in [3.8, 4) is 11.1 Å². The predicted molar refractivity (Wildman–Crippen MR) is 142 cm³/mol. The molecule has 0 aliphatic heterocycles. The Morgan fingerprint density at radius 1 is 0.897 bits per heavy atom. The number of alkyl carbamates (subject to hydrolysis) is 1. The largest absolute Gasteiger partial charge is 0.480 e. The molecule has 0 aliphatic carbocycles. The van der Waals surface area contributed by atoms with Gasteiger partial charge in [-0.2, -0.15) is 0 Å². The maximum Gasteiger partial charge on any atom is 0.410 e. The molecule has 2 aromatic carbocycles. The molecule has 2 rings (SSSR count). The number of rotatable bonds is 13. The van der Waals surface area contributed by atoms with E-state index in [4.69, 9.17) is 9.47 Å². The van der Waals surface area contributed by atoms with Crippen molar-refractivity contribution in [2.45, 2.75) is 51.5 Å². The molecule has 12 heteroatoms. The lowest BCUT2D eigenvalue weighted by molar-refractivity contribution is -0.155. The van der Waals surface area contributed by atoms with Gasteiger partial charge in [-0.05, 0) is 37.0 Å². The van der Waals surface area contributed by atoms with Gasteiger partial charge in [-0.15, -0.1) is 0 Å². The lowest BCUT2D eigenvalue weighted by atomic mass is 9.88. The third kappa shape index (κ3) is 8.87. The summed E-state index contributed by atoms with van der Waals surface area (Å²) in [5.41, 5.74) is 2.47.